The fraction of sp³-hybridized carbons (Fsp3) is 0.333. The van der Waals surface area contributed by atoms with E-state index in [0.717, 1.165) is 0 Å². The molecule has 11 heteroatoms. The van der Waals surface area contributed by atoms with E-state index in [2.05, 4.69) is 15.1 Å². The van der Waals surface area contributed by atoms with Gasteiger partial charge in [-0.3, -0.25) is 4.79 Å². The quantitative estimate of drug-likeness (QED) is 0.505. The van der Waals surface area contributed by atoms with E-state index in [1.165, 1.54) is 0 Å². The monoisotopic (exact) mass is 487 g/mol. The van der Waals surface area contributed by atoms with Crippen LogP contribution in [-0.2, 0) is 4.79 Å². The number of pyridine rings is 1. The van der Waals surface area contributed by atoms with Crippen molar-refractivity contribution in [3.63, 3.8) is 0 Å². The third kappa shape index (κ3) is 5.55. The van der Waals surface area contributed by atoms with Crippen molar-refractivity contribution in [3.8, 4) is 34.5 Å². The molecule has 0 radical (unpaired) electrons. The summed E-state index contributed by atoms with van der Waals surface area (Å²) >= 11 is 12.6. The number of carboxylic acids is 1. The molecular formula is C21H20Cl2N3NaO5. The van der Waals surface area contributed by atoms with E-state index in [4.69, 9.17) is 42.3 Å². The smallest absolute Gasteiger partial charge is 1.00 e. The standard InChI is InChI=1S/C21H19Cl2N3O5.Na.H/c1-10(2)29-20-17(23)7-12(9-24-20)19-25-18(26-31-19)15-4-3-13(8-16(15)22)30-14-5-11(6-14)21(27)28;;/h3-4,7-11,14H,5-6H2,1-2H3,(H,27,28);;/q;+1;-1. The second-order valence-electron chi connectivity index (χ2n) is 7.49. The van der Waals surface area contributed by atoms with Crippen molar-refractivity contribution in [1.82, 2.24) is 15.1 Å². The largest absolute Gasteiger partial charge is 1.00 e. The van der Waals surface area contributed by atoms with Crippen LogP contribution in [0.15, 0.2) is 35.0 Å². The van der Waals surface area contributed by atoms with Crippen LogP contribution in [0, 0.1) is 5.92 Å². The van der Waals surface area contributed by atoms with E-state index in [9.17, 15) is 4.79 Å². The number of carbonyl (C=O) groups is 1. The summed E-state index contributed by atoms with van der Waals surface area (Å²) in [6, 6.07) is 6.76. The van der Waals surface area contributed by atoms with Crippen molar-refractivity contribution in [2.75, 3.05) is 0 Å². The fourth-order valence-corrected chi connectivity index (χ4v) is 3.57. The van der Waals surface area contributed by atoms with Crippen molar-refractivity contribution >= 4 is 29.2 Å². The maximum Gasteiger partial charge on any atom is 1.00 e. The van der Waals surface area contributed by atoms with E-state index >= 15 is 0 Å². The van der Waals surface area contributed by atoms with Crippen molar-refractivity contribution < 1.29 is 54.9 Å². The van der Waals surface area contributed by atoms with Crippen LogP contribution in [0.1, 0.15) is 28.1 Å². The Labute approximate surface area is 218 Å². The van der Waals surface area contributed by atoms with E-state index in [-0.39, 0.29) is 55.0 Å². The number of hydrogen-bond acceptors (Lipinski definition) is 7. The Hall–Kier alpha value is -1.84. The van der Waals surface area contributed by atoms with Gasteiger partial charge in [-0.15, -0.1) is 0 Å². The van der Waals surface area contributed by atoms with Crippen LogP contribution in [0.2, 0.25) is 10.0 Å². The minimum atomic E-state index is -0.792. The van der Waals surface area contributed by atoms with Gasteiger partial charge in [0.25, 0.3) is 5.89 Å². The maximum absolute atomic E-state index is 10.9. The van der Waals surface area contributed by atoms with Crippen LogP contribution in [0.3, 0.4) is 0 Å². The molecular weight excluding hydrogens is 468 g/mol. The number of hydrogen-bond donors (Lipinski definition) is 1. The topological polar surface area (TPSA) is 108 Å². The first-order chi connectivity index (χ1) is 14.8. The van der Waals surface area contributed by atoms with Gasteiger partial charge in [0, 0.05) is 11.8 Å². The molecule has 2 aromatic heterocycles. The zero-order chi connectivity index (χ0) is 22.1. The van der Waals surface area contributed by atoms with Gasteiger partial charge in [-0.1, -0.05) is 28.4 Å². The number of halogens is 2. The van der Waals surface area contributed by atoms with E-state index in [0.29, 0.717) is 51.5 Å². The van der Waals surface area contributed by atoms with Gasteiger partial charge in [0.1, 0.15) is 16.9 Å². The van der Waals surface area contributed by atoms with Gasteiger partial charge in [0.05, 0.1) is 22.6 Å². The second-order valence-corrected chi connectivity index (χ2v) is 8.30. The molecule has 0 spiro atoms. The van der Waals surface area contributed by atoms with Gasteiger partial charge in [-0.05, 0) is 51.0 Å². The summed E-state index contributed by atoms with van der Waals surface area (Å²) in [5.74, 6) is 0.306. The SMILES string of the molecule is CC(C)Oc1ncc(-c2nc(-c3ccc(OC4CC(C(=O)O)C4)cc3Cl)no2)cc1Cl.[H-].[Na+]. The molecule has 1 fully saturated rings. The van der Waals surface area contributed by atoms with Crippen LogP contribution in [0.25, 0.3) is 22.8 Å². The van der Waals surface area contributed by atoms with Crippen LogP contribution < -0.4 is 39.0 Å². The summed E-state index contributed by atoms with van der Waals surface area (Å²) in [5.41, 5.74) is 1.12. The summed E-state index contributed by atoms with van der Waals surface area (Å²) in [7, 11) is 0. The molecule has 3 aromatic rings. The van der Waals surface area contributed by atoms with Crippen molar-refractivity contribution in [2.24, 2.45) is 5.92 Å². The number of rotatable bonds is 7. The van der Waals surface area contributed by atoms with Gasteiger partial charge < -0.3 is 20.5 Å². The zero-order valence-electron chi connectivity index (χ0n) is 18.7. The van der Waals surface area contributed by atoms with Gasteiger partial charge in [-0.25, -0.2) is 4.98 Å². The molecule has 1 aliphatic carbocycles. The summed E-state index contributed by atoms with van der Waals surface area (Å²) in [6.45, 7) is 3.77. The third-order valence-electron chi connectivity index (χ3n) is 4.76. The van der Waals surface area contributed by atoms with Crippen molar-refractivity contribution in [2.45, 2.75) is 38.9 Å². The summed E-state index contributed by atoms with van der Waals surface area (Å²) < 4.78 is 16.7. The fourth-order valence-electron chi connectivity index (χ4n) is 3.11. The minimum absolute atomic E-state index is 0. The second kappa shape index (κ2) is 10.4. The molecule has 1 saturated carbocycles. The molecule has 0 amide bonds. The van der Waals surface area contributed by atoms with Crippen LogP contribution >= 0.6 is 23.2 Å². The molecule has 164 valence electrons. The van der Waals surface area contributed by atoms with Crippen LogP contribution in [-0.4, -0.2) is 38.4 Å². The average molecular weight is 488 g/mol. The number of aromatic nitrogens is 3. The number of nitrogens with zero attached hydrogens (tertiary/aromatic N) is 3. The Morgan fingerprint density at radius 1 is 1.25 bits per heavy atom. The molecule has 0 bridgehead atoms. The average Bonchev–Trinajstić information content (AvgIpc) is 3.15. The van der Waals surface area contributed by atoms with Gasteiger partial charge in [0.2, 0.25) is 11.7 Å². The Morgan fingerprint density at radius 3 is 2.62 bits per heavy atom. The molecule has 0 unspecified atom stereocenters. The number of ether oxygens (including phenoxy) is 2. The van der Waals surface area contributed by atoms with Crippen molar-refractivity contribution in [1.29, 1.82) is 0 Å². The first kappa shape index (κ1) is 24.8. The van der Waals surface area contributed by atoms with Gasteiger partial charge in [0.15, 0.2) is 0 Å². The molecule has 1 aliphatic rings. The predicted octanol–water partition coefficient (Wildman–Crippen LogP) is 2.25. The van der Waals surface area contributed by atoms with Gasteiger partial charge >= 0.3 is 35.5 Å². The molecule has 1 N–H and O–H groups in total. The molecule has 1 aromatic carbocycles. The van der Waals surface area contributed by atoms with Gasteiger partial charge in [-0.2, -0.15) is 4.98 Å². The first-order valence-corrected chi connectivity index (χ1v) is 10.4. The summed E-state index contributed by atoms with van der Waals surface area (Å²) in [4.78, 5) is 19.5. The van der Waals surface area contributed by atoms with E-state index in [1.54, 1.807) is 30.5 Å². The molecule has 0 saturated heterocycles. The molecule has 2 heterocycles. The minimum Gasteiger partial charge on any atom is -1.00 e. The van der Waals surface area contributed by atoms with E-state index < -0.39 is 5.97 Å². The first-order valence-electron chi connectivity index (χ1n) is 9.66. The van der Waals surface area contributed by atoms with Crippen molar-refractivity contribution in [3.05, 3.63) is 40.5 Å². The Morgan fingerprint density at radius 2 is 2.00 bits per heavy atom. The molecule has 0 atom stereocenters. The molecule has 0 aliphatic heterocycles. The summed E-state index contributed by atoms with van der Waals surface area (Å²) in [6.07, 6.45) is 2.34. The van der Waals surface area contributed by atoms with Crippen LogP contribution in [0.5, 0.6) is 11.6 Å². The maximum atomic E-state index is 10.9. The third-order valence-corrected chi connectivity index (χ3v) is 5.34. The number of aliphatic carboxylic acids is 1. The Kier molecular flexibility index (Phi) is 8.06. The molecule has 32 heavy (non-hydrogen) atoms. The van der Waals surface area contributed by atoms with Crippen LogP contribution in [0.4, 0.5) is 0 Å². The Balaban J connectivity index is 0.00000193. The number of carboxylic acid groups (broad SMARTS) is 1. The molecule has 4 rings (SSSR count). The predicted molar refractivity (Wildman–Crippen MR) is 115 cm³/mol. The zero-order valence-corrected chi connectivity index (χ0v) is 21.2. The van der Waals surface area contributed by atoms with E-state index in [1.807, 2.05) is 13.8 Å². The number of benzene rings is 1. The summed E-state index contributed by atoms with van der Waals surface area (Å²) in [5, 5.41) is 13.7. The molecule has 8 nitrogen and oxygen atoms in total. The Bertz CT molecular complexity index is 1130. The normalized spacial score (nSPS) is 17.4.